The molecule has 7 nitrogen and oxygen atoms in total. The van der Waals surface area contributed by atoms with Crippen molar-refractivity contribution in [2.75, 3.05) is 19.6 Å². The molecule has 2 heterocycles. The lowest BCUT2D eigenvalue weighted by Crippen LogP contribution is -2.56. The number of hydrogen-bond donors (Lipinski definition) is 0. The van der Waals surface area contributed by atoms with Crippen LogP contribution in [0.1, 0.15) is 45.5 Å². The van der Waals surface area contributed by atoms with Gasteiger partial charge in [0.05, 0.1) is 17.7 Å². The van der Waals surface area contributed by atoms with Crippen LogP contribution in [0.4, 0.5) is 39.5 Å². The SMILES string of the molecule is Cc1cc(C2=NOC(c3cc(Cl)cc(C(F)(F)F)c3)(C(F)(F)F)C2)ccc1C(=O)N1CC(=O)N(CCC(F)(F)F)C(=O)C1. The molecule has 2 aliphatic rings. The molecule has 2 aromatic carbocycles. The predicted octanol–water partition coefficient (Wildman–Crippen LogP) is 6.01. The van der Waals surface area contributed by atoms with Crippen LogP contribution in [0.3, 0.4) is 0 Å². The van der Waals surface area contributed by atoms with E-state index in [0.717, 1.165) is 4.90 Å². The lowest BCUT2D eigenvalue weighted by atomic mass is 9.85. The van der Waals surface area contributed by atoms with Gasteiger partial charge in [-0.15, -0.1) is 0 Å². The first-order chi connectivity index (χ1) is 19.7. The van der Waals surface area contributed by atoms with Crippen LogP contribution < -0.4 is 0 Å². The number of carbonyl (C=O) groups is 3. The molecule has 2 aliphatic heterocycles. The molecule has 3 amide bonds. The van der Waals surface area contributed by atoms with Crippen LogP contribution >= 0.6 is 11.6 Å². The van der Waals surface area contributed by atoms with Crippen LogP contribution in [0.15, 0.2) is 41.6 Å². The van der Waals surface area contributed by atoms with E-state index in [2.05, 4.69) is 5.16 Å². The average molecular weight is 644 g/mol. The molecule has 2 aromatic rings. The highest BCUT2D eigenvalue weighted by molar-refractivity contribution is 6.30. The molecule has 0 N–H and O–H groups in total. The number of alkyl halides is 9. The van der Waals surface area contributed by atoms with Gasteiger partial charge in [-0.25, -0.2) is 0 Å². The quantitative estimate of drug-likeness (QED) is 0.295. The maximum absolute atomic E-state index is 14.3. The molecule has 1 saturated heterocycles. The van der Waals surface area contributed by atoms with Crippen molar-refractivity contribution < 1.29 is 58.7 Å². The summed E-state index contributed by atoms with van der Waals surface area (Å²) in [5, 5.41) is 2.89. The van der Waals surface area contributed by atoms with Crippen molar-refractivity contribution >= 4 is 35.0 Å². The van der Waals surface area contributed by atoms with E-state index in [1.54, 1.807) is 0 Å². The van der Waals surface area contributed by atoms with Crippen molar-refractivity contribution in [3.63, 3.8) is 0 Å². The van der Waals surface area contributed by atoms with Gasteiger partial charge in [0.25, 0.3) is 11.5 Å². The molecule has 0 aromatic heterocycles. The maximum atomic E-state index is 14.3. The number of halogens is 10. The maximum Gasteiger partial charge on any atom is 0.435 e. The molecule has 1 unspecified atom stereocenters. The molecule has 4 rings (SSSR count). The highest BCUT2D eigenvalue weighted by atomic mass is 35.5. The Labute approximate surface area is 241 Å². The Morgan fingerprint density at radius 2 is 1.60 bits per heavy atom. The van der Waals surface area contributed by atoms with Crippen molar-refractivity contribution in [2.24, 2.45) is 5.16 Å². The minimum atomic E-state index is -5.24. The predicted molar refractivity (Wildman–Crippen MR) is 131 cm³/mol. The summed E-state index contributed by atoms with van der Waals surface area (Å²) >= 11 is 5.71. The first-order valence-corrected chi connectivity index (χ1v) is 12.6. The lowest BCUT2D eigenvalue weighted by molar-refractivity contribution is -0.276. The van der Waals surface area contributed by atoms with E-state index in [1.165, 1.54) is 25.1 Å². The molecular weight excluding hydrogens is 625 g/mol. The molecule has 43 heavy (non-hydrogen) atoms. The Morgan fingerprint density at radius 1 is 0.977 bits per heavy atom. The lowest BCUT2D eigenvalue weighted by Gasteiger charge is -2.33. The summed E-state index contributed by atoms with van der Waals surface area (Å²) in [4.78, 5) is 43.6. The van der Waals surface area contributed by atoms with Gasteiger partial charge in [-0.05, 0) is 48.4 Å². The Morgan fingerprint density at radius 3 is 2.14 bits per heavy atom. The van der Waals surface area contributed by atoms with E-state index in [9.17, 15) is 53.9 Å². The van der Waals surface area contributed by atoms with Gasteiger partial charge < -0.3 is 9.74 Å². The third-order valence-corrected chi connectivity index (χ3v) is 7.05. The number of amides is 3. The monoisotopic (exact) mass is 643 g/mol. The summed E-state index contributed by atoms with van der Waals surface area (Å²) < 4.78 is 120. The molecule has 0 saturated carbocycles. The summed E-state index contributed by atoms with van der Waals surface area (Å²) in [5.74, 6) is -2.87. The Kier molecular flexibility index (Phi) is 8.23. The smallest absolute Gasteiger partial charge is 0.374 e. The highest BCUT2D eigenvalue weighted by Crippen LogP contribution is 2.50. The van der Waals surface area contributed by atoms with E-state index in [1.807, 2.05) is 0 Å². The first-order valence-electron chi connectivity index (χ1n) is 12.2. The fourth-order valence-corrected chi connectivity index (χ4v) is 4.86. The number of rotatable bonds is 5. The van der Waals surface area contributed by atoms with E-state index < -0.39 is 90.5 Å². The Balaban J connectivity index is 1.55. The first kappa shape index (κ1) is 32.1. The van der Waals surface area contributed by atoms with E-state index in [-0.39, 0.29) is 28.5 Å². The van der Waals surface area contributed by atoms with Gasteiger partial charge in [-0.3, -0.25) is 19.3 Å². The highest BCUT2D eigenvalue weighted by Gasteiger charge is 2.62. The molecule has 0 spiro atoms. The molecule has 17 heteroatoms. The Hall–Kier alpha value is -3.82. The fourth-order valence-electron chi connectivity index (χ4n) is 4.62. The van der Waals surface area contributed by atoms with Gasteiger partial charge in [0.1, 0.15) is 13.1 Å². The van der Waals surface area contributed by atoms with Crippen LogP contribution in [0.25, 0.3) is 0 Å². The standard InChI is InChI=1S/C26H19ClF9N3O4/c1-13-6-14(2-3-18(13)22(42)38-11-20(40)39(21(41)12-38)5-4-24(28,29)30)19-10-23(43-37-19,26(34,35)36)15-7-16(25(31,32)33)9-17(27)8-15/h2-3,6-9H,4-5,10-12H2,1H3. The summed E-state index contributed by atoms with van der Waals surface area (Å²) in [6.07, 6.45) is -17.3. The molecule has 0 aliphatic carbocycles. The molecule has 0 radical (unpaired) electrons. The zero-order valence-electron chi connectivity index (χ0n) is 21.8. The van der Waals surface area contributed by atoms with Crippen molar-refractivity contribution in [3.05, 3.63) is 69.2 Å². The van der Waals surface area contributed by atoms with Crippen LogP contribution in [-0.2, 0) is 26.2 Å². The molecule has 1 fully saturated rings. The van der Waals surface area contributed by atoms with Gasteiger partial charge in [0.15, 0.2) is 0 Å². The molecule has 0 bridgehead atoms. The Bertz CT molecular complexity index is 1490. The average Bonchev–Trinajstić information content (AvgIpc) is 3.33. The third-order valence-electron chi connectivity index (χ3n) is 6.83. The van der Waals surface area contributed by atoms with E-state index in [0.29, 0.717) is 17.0 Å². The van der Waals surface area contributed by atoms with Crippen LogP contribution in [0, 0.1) is 6.92 Å². The normalized spacial score (nSPS) is 19.9. The van der Waals surface area contributed by atoms with Gasteiger partial charge >= 0.3 is 18.5 Å². The summed E-state index contributed by atoms with van der Waals surface area (Å²) in [5.41, 5.74) is -5.84. The summed E-state index contributed by atoms with van der Waals surface area (Å²) in [7, 11) is 0. The van der Waals surface area contributed by atoms with Crippen molar-refractivity contribution in [2.45, 2.75) is 43.9 Å². The van der Waals surface area contributed by atoms with Gasteiger partial charge in [-0.2, -0.15) is 39.5 Å². The van der Waals surface area contributed by atoms with Crippen LogP contribution in [-0.4, -0.2) is 65.2 Å². The summed E-state index contributed by atoms with van der Waals surface area (Å²) in [6.45, 7) is -0.872. The zero-order chi connectivity index (χ0) is 32.1. The van der Waals surface area contributed by atoms with Crippen molar-refractivity contribution in [3.8, 4) is 0 Å². The zero-order valence-corrected chi connectivity index (χ0v) is 22.5. The van der Waals surface area contributed by atoms with E-state index in [4.69, 9.17) is 16.4 Å². The molecular formula is C26H19ClF9N3O4. The number of carbonyl (C=O) groups excluding carboxylic acids is 3. The second-order valence-electron chi connectivity index (χ2n) is 9.85. The largest absolute Gasteiger partial charge is 0.435 e. The van der Waals surface area contributed by atoms with Crippen molar-refractivity contribution in [1.29, 1.82) is 0 Å². The number of imide groups is 1. The third kappa shape index (κ3) is 6.58. The van der Waals surface area contributed by atoms with Gasteiger partial charge in [0, 0.05) is 29.1 Å². The number of benzene rings is 2. The molecule has 232 valence electrons. The second-order valence-corrected chi connectivity index (χ2v) is 10.3. The van der Waals surface area contributed by atoms with Crippen LogP contribution in [0.2, 0.25) is 5.02 Å². The number of piperazine rings is 1. The number of hydrogen-bond acceptors (Lipinski definition) is 5. The number of aryl methyl sites for hydroxylation is 1. The topological polar surface area (TPSA) is 79.3 Å². The van der Waals surface area contributed by atoms with Gasteiger partial charge in [0.2, 0.25) is 11.8 Å². The van der Waals surface area contributed by atoms with Gasteiger partial charge in [-0.1, -0.05) is 22.8 Å². The minimum Gasteiger partial charge on any atom is -0.374 e. The fraction of sp³-hybridized carbons (Fsp3) is 0.385. The van der Waals surface area contributed by atoms with E-state index >= 15 is 0 Å². The number of oxime groups is 1. The van der Waals surface area contributed by atoms with Crippen molar-refractivity contribution in [1.82, 2.24) is 9.80 Å². The van der Waals surface area contributed by atoms with Crippen LogP contribution in [0.5, 0.6) is 0 Å². The number of nitrogens with zero attached hydrogens (tertiary/aromatic N) is 3. The molecule has 1 atom stereocenters. The minimum absolute atomic E-state index is 0.0300. The summed E-state index contributed by atoms with van der Waals surface area (Å²) in [6, 6.07) is 5.06. The second kappa shape index (κ2) is 11.0.